The van der Waals surface area contributed by atoms with Gasteiger partial charge in [-0.15, -0.1) is 0 Å². The lowest BCUT2D eigenvalue weighted by atomic mass is 10.1. The Morgan fingerprint density at radius 1 is 1.25 bits per heavy atom. The number of carbonyl (C=O) groups is 1. The molecule has 1 atom stereocenters. The first-order valence-electron chi connectivity index (χ1n) is 5.87. The van der Waals surface area contributed by atoms with Gasteiger partial charge in [0.2, 0.25) is 0 Å². The van der Waals surface area contributed by atoms with Crippen molar-refractivity contribution in [2.24, 2.45) is 0 Å². The highest BCUT2D eigenvalue weighted by Gasteiger charge is 2.42. The second-order valence-corrected chi connectivity index (χ2v) is 3.92. The van der Waals surface area contributed by atoms with E-state index in [4.69, 9.17) is 0 Å². The van der Waals surface area contributed by atoms with Crippen molar-refractivity contribution >= 4 is 5.97 Å². The zero-order valence-electron chi connectivity index (χ0n) is 10.7. The second kappa shape index (κ2) is 7.23. The van der Waals surface area contributed by atoms with E-state index in [0.29, 0.717) is 0 Å². The van der Waals surface area contributed by atoms with Crippen LogP contribution in [0.4, 0.5) is 17.6 Å². The molecule has 0 radical (unpaired) electrons. The molecule has 0 saturated heterocycles. The fraction of sp³-hybridized carbons (Fsp3) is 0.462. The number of halogens is 4. The van der Waals surface area contributed by atoms with E-state index in [9.17, 15) is 22.4 Å². The minimum Gasteiger partial charge on any atom is -0.464 e. The number of benzene rings is 1. The van der Waals surface area contributed by atoms with Crippen LogP contribution in [0.3, 0.4) is 0 Å². The number of esters is 1. The minimum atomic E-state index is -4.32. The molecule has 0 amide bonds. The van der Waals surface area contributed by atoms with Gasteiger partial charge in [0.1, 0.15) is 6.61 Å². The highest BCUT2D eigenvalue weighted by molar-refractivity contribution is 5.76. The Morgan fingerprint density at radius 2 is 1.85 bits per heavy atom. The first-order chi connectivity index (χ1) is 9.38. The molecule has 0 N–H and O–H groups in total. The third-order valence-electron chi connectivity index (χ3n) is 2.36. The Morgan fingerprint density at radius 3 is 2.35 bits per heavy atom. The molecule has 1 aromatic carbocycles. The summed E-state index contributed by atoms with van der Waals surface area (Å²) in [5.41, 5.74) is 0.260. The fourth-order valence-electron chi connectivity index (χ4n) is 1.40. The van der Waals surface area contributed by atoms with E-state index in [2.05, 4.69) is 9.47 Å². The number of hydrogen-bond acceptors (Lipinski definition) is 3. The van der Waals surface area contributed by atoms with Gasteiger partial charge in [0.25, 0.3) is 0 Å². The number of rotatable bonds is 7. The lowest BCUT2D eigenvalue weighted by Crippen LogP contribution is -2.34. The lowest BCUT2D eigenvalue weighted by molar-refractivity contribution is -0.188. The van der Waals surface area contributed by atoms with Crippen molar-refractivity contribution in [1.82, 2.24) is 0 Å². The van der Waals surface area contributed by atoms with E-state index < -0.39 is 31.0 Å². The van der Waals surface area contributed by atoms with Crippen molar-refractivity contribution in [3.8, 4) is 0 Å². The van der Waals surface area contributed by atoms with Crippen molar-refractivity contribution < 1.29 is 31.8 Å². The standard InChI is InChI=1S/C13H14F4O3/c1-2-19-11(18)10(9-6-4-3-5-7-9)20-8-13(16,17)12(14)15/h3-7,10,12H,2,8H2,1H3. The Balaban J connectivity index is 2.82. The SMILES string of the molecule is CCOC(=O)C(OCC(F)(F)C(F)F)c1ccccc1. The van der Waals surface area contributed by atoms with Crippen LogP contribution in [0.25, 0.3) is 0 Å². The van der Waals surface area contributed by atoms with Crippen molar-refractivity contribution in [1.29, 1.82) is 0 Å². The highest BCUT2D eigenvalue weighted by Crippen LogP contribution is 2.27. The fourth-order valence-corrected chi connectivity index (χ4v) is 1.40. The van der Waals surface area contributed by atoms with Crippen LogP contribution in [0.5, 0.6) is 0 Å². The van der Waals surface area contributed by atoms with Crippen LogP contribution < -0.4 is 0 Å². The molecule has 1 rings (SSSR count). The summed E-state index contributed by atoms with van der Waals surface area (Å²) in [4.78, 5) is 11.7. The number of hydrogen-bond donors (Lipinski definition) is 0. The largest absolute Gasteiger partial charge is 0.464 e. The molecule has 0 saturated carbocycles. The molecular formula is C13H14F4O3. The Hall–Kier alpha value is -1.63. The van der Waals surface area contributed by atoms with Crippen LogP contribution in [0, 0.1) is 0 Å². The van der Waals surface area contributed by atoms with E-state index in [1.165, 1.54) is 19.1 Å². The summed E-state index contributed by atoms with van der Waals surface area (Å²) in [5.74, 6) is -5.22. The molecular weight excluding hydrogens is 280 g/mol. The van der Waals surface area contributed by atoms with Crippen LogP contribution in [0.1, 0.15) is 18.6 Å². The third-order valence-corrected chi connectivity index (χ3v) is 2.36. The summed E-state index contributed by atoms with van der Waals surface area (Å²) >= 11 is 0. The van der Waals surface area contributed by atoms with E-state index in [-0.39, 0.29) is 12.2 Å². The summed E-state index contributed by atoms with van der Waals surface area (Å²) in [7, 11) is 0. The van der Waals surface area contributed by atoms with Crippen LogP contribution in [-0.2, 0) is 14.3 Å². The summed E-state index contributed by atoms with van der Waals surface area (Å²) in [6.45, 7) is -0.00643. The number of carbonyl (C=O) groups excluding carboxylic acids is 1. The molecule has 1 aromatic rings. The summed E-state index contributed by atoms with van der Waals surface area (Å²) < 4.78 is 59.2. The molecule has 0 fully saturated rings. The summed E-state index contributed by atoms with van der Waals surface area (Å²) in [5, 5.41) is 0. The second-order valence-electron chi connectivity index (χ2n) is 3.92. The number of ether oxygens (including phenoxy) is 2. The van der Waals surface area contributed by atoms with Gasteiger partial charge in [-0.3, -0.25) is 0 Å². The minimum absolute atomic E-state index is 0.0246. The van der Waals surface area contributed by atoms with Gasteiger partial charge in [0.15, 0.2) is 6.10 Å². The lowest BCUT2D eigenvalue weighted by Gasteiger charge is -2.20. The van der Waals surface area contributed by atoms with Crippen LogP contribution in [0.15, 0.2) is 30.3 Å². The normalized spacial score (nSPS) is 13.3. The Labute approximate surface area is 113 Å². The van der Waals surface area contributed by atoms with Gasteiger partial charge in [0, 0.05) is 0 Å². The molecule has 1 unspecified atom stereocenters. The molecule has 112 valence electrons. The molecule has 0 bridgehead atoms. The molecule has 0 aliphatic heterocycles. The van der Waals surface area contributed by atoms with Crippen molar-refractivity contribution in [3.05, 3.63) is 35.9 Å². The predicted octanol–water partition coefficient (Wildman–Crippen LogP) is 3.21. The monoisotopic (exact) mass is 294 g/mol. The Bertz CT molecular complexity index is 423. The van der Waals surface area contributed by atoms with Crippen molar-refractivity contribution in [3.63, 3.8) is 0 Å². The quantitative estimate of drug-likeness (QED) is 0.572. The van der Waals surface area contributed by atoms with E-state index in [1.807, 2.05) is 0 Å². The molecule has 0 aliphatic rings. The van der Waals surface area contributed by atoms with Gasteiger partial charge in [0.05, 0.1) is 6.61 Å². The average Bonchev–Trinajstić information content (AvgIpc) is 2.40. The molecule has 0 aliphatic carbocycles. The van der Waals surface area contributed by atoms with E-state index in [0.717, 1.165) is 0 Å². The van der Waals surface area contributed by atoms with Gasteiger partial charge in [-0.05, 0) is 12.5 Å². The number of alkyl halides is 4. The molecule has 3 nitrogen and oxygen atoms in total. The smallest absolute Gasteiger partial charge is 0.339 e. The van der Waals surface area contributed by atoms with Crippen molar-refractivity contribution in [2.45, 2.75) is 25.4 Å². The van der Waals surface area contributed by atoms with Gasteiger partial charge in [-0.2, -0.15) is 8.78 Å². The first kappa shape index (κ1) is 16.4. The maximum atomic E-state index is 12.8. The molecule has 20 heavy (non-hydrogen) atoms. The van der Waals surface area contributed by atoms with Crippen LogP contribution in [0.2, 0.25) is 0 Å². The van der Waals surface area contributed by atoms with Gasteiger partial charge >= 0.3 is 18.3 Å². The topological polar surface area (TPSA) is 35.5 Å². The summed E-state index contributed by atoms with van der Waals surface area (Å²) in [6, 6.07) is 7.70. The summed E-state index contributed by atoms with van der Waals surface area (Å²) in [6.07, 6.45) is -5.32. The van der Waals surface area contributed by atoms with E-state index in [1.54, 1.807) is 18.2 Å². The molecule has 7 heteroatoms. The van der Waals surface area contributed by atoms with Gasteiger partial charge in [-0.25, -0.2) is 13.6 Å². The highest BCUT2D eigenvalue weighted by atomic mass is 19.3. The molecule has 0 aromatic heterocycles. The van der Waals surface area contributed by atoms with Crippen LogP contribution >= 0.6 is 0 Å². The van der Waals surface area contributed by atoms with E-state index >= 15 is 0 Å². The van der Waals surface area contributed by atoms with Gasteiger partial charge < -0.3 is 9.47 Å². The molecule has 0 spiro atoms. The Kier molecular flexibility index (Phi) is 5.94. The molecule has 0 heterocycles. The maximum Gasteiger partial charge on any atom is 0.339 e. The predicted molar refractivity (Wildman–Crippen MR) is 62.7 cm³/mol. The first-order valence-corrected chi connectivity index (χ1v) is 5.87. The van der Waals surface area contributed by atoms with Gasteiger partial charge in [-0.1, -0.05) is 30.3 Å². The average molecular weight is 294 g/mol. The van der Waals surface area contributed by atoms with Crippen molar-refractivity contribution in [2.75, 3.05) is 13.2 Å². The zero-order valence-corrected chi connectivity index (χ0v) is 10.7. The van der Waals surface area contributed by atoms with Crippen LogP contribution in [-0.4, -0.2) is 31.5 Å². The third kappa shape index (κ3) is 4.48. The maximum absolute atomic E-state index is 12.8. The zero-order chi connectivity index (χ0) is 15.2.